The van der Waals surface area contributed by atoms with Crippen molar-refractivity contribution in [3.05, 3.63) is 12.7 Å². The van der Waals surface area contributed by atoms with Gasteiger partial charge in [0, 0.05) is 0 Å². The van der Waals surface area contributed by atoms with Crippen molar-refractivity contribution in [2.45, 2.75) is 12.6 Å². The average molecular weight is 174 g/mol. The molecule has 0 spiro atoms. The average Bonchev–Trinajstić information content (AvgIpc) is 1.84. The highest BCUT2D eigenvalue weighted by atomic mass is 16.3. The second-order valence-electron chi connectivity index (χ2n) is 2.93. The van der Waals surface area contributed by atoms with Gasteiger partial charge in [0.15, 0.2) is 5.72 Å². The Bertz CT molecular complexity index is 177. The molecule has 0 heterocycles. The lowest BCUT2D eigenvalue weighted by atomic mass is 10.3. The molecule has 0 rings (SSSR count). The zero-order chi connectivity index (χ0) is 9.78. The molecule has 70 valence electrons. The van der Waals surface area contributed by atoms with E-state index in [-0.39, 0.29) is 0 Å². The van der Waals surface area contributed by atoms with E-state index in [1.165, 1.54) is 13.0 Å². The number of rotatable bonds is 3. The van der Waals surface area contributed by atoms with Crippen LogP contribution in [0.2, 0.25) is 0 Å². The van der Waals surface area contributed by atoms with Crippen molar-refractivity contribution >= 4 is 6.03 Å². The van der Waals surface area contributed by atoms with Gasteiger partial charge in [-0.3, -0.25) is 0 Å². The predicted octanol–water partition coefficient (Wildman–Crippen LogP) is -1.76. The molecule has 4 N–H and O–H groups in total. The van der Waals surface area contributed by atoms with Gasteiger partial charge >= 0.3 is 6.03 Å². The molecule has 5 nitrogen and oxygen atoms in total. The van der Waals surface area contributed by atoms with Gasteiger partial charge in [-0.25, -0.2) is 9.80 Å². The Labute approximate surface area is 72.0 Å². The molecule has 0 unspecified atom stereocenters. The van der Waals surface area contributed by atoms with Gasteiger partial charge in [-0.1, -0.05) is 6.58 Å². The van der Waals surface area contributed by atoms with Crippen LogP contribution in [0.15, 0.2) is 12.7 Å². The molecule has 0 aromatic carbocycles. The van der Waals surface area contributed by atoms with Crippen LogP contribution in [0.5, 0.6) is 0 Å². The summed E-state index contributed by atoms with van der Waals surface area (Å²) in [5.41, 5.74) is 1.13. The summed E-state index contributed by atoms with van der Waals surface area (Å²) in [5.74, 6) is 0. The monoisotopic (exact) mass is 174 g/mol. The second-order valence-corrected chi connectivity index (χ2v) is 2.93. The number of quaternary nitrogens is 1. The maximum absolute atomic E-state index is 11.0. The maximum Gasteiger partial charge on any atom is 0.361 e. The summed E-state index contributed by atoms with van der Waals surface area (Å²) in [6.07, 6.45) is 1.25. The van der Waals surface area contributed by atoms with E-state index < -0.39 is 11.8 Å². The van der Waals surface area contributed by atoms with Gasteiger partial charge in [-0.05, 0) is 13.0 Å². The Morgan fingerprint density at radius 1 is 1.67 bits per heavy atom. The number of carbonyl (C=O) groups excluding carboxylic acids is 1. The molecule has 0 aliphatic rings. The smallest absolute Gasteiger partial charge is 0.361 e. The molecule has 0 radical (unpaired) electrons. The van der Waals surface area contributed by atoms with E-state index >= 15 is 0 Å². The van der Waals surface area contributed by atoms with Gasteiger partial charge in [0.05, 0.1) is 14.1 Å². The molecule has 2 amide bonds. The van der Waals surface area contributed by atoms with Crippen molar-refractivity contribution < 1.29 is 14.9 Å². The van der Waals surface area contributed by atoms with Crippen LogP contribution >= 0.6 is 0 Å². The summed E-state index contributed by atoms with van der Waals surface area (Å²) in [7, 11) is 3.50. The Hall–Kier alpha value is -1.07. The Morgan fingerprint density at radius 3 is 2.50 bits per heavy atom. The molecule has 0 saturated carbocycles. The standard InChI is InChI=1S/C7H15N3O2/c1-5-7(2,12)8-6(11)9-10(3)4/h5,12H,1H2,2-4H3,(H2,8,9,11)/p+1/t7-/m0/s1. The molecular weight excluding hydrogens is 158 g/mol. The summed E-state index contributed by atoms with van der Waals surface area (Å²) in [5, 5.41) is 12.4. The minimum atomic E-state index is -1.36. The zero-order valence-electron chi connectivity index (χ0n) is 7.64. The van der Waals surface area contributed by atoms with Crippen LogP contribution in [0.1, 0.15) is 6.92 Å². The third kappa shape index (κ3) is 4.70. The summed E-state index contributed by atoms with van der Waals surface area (Å²) in [6, 6.07) is -0.445. The summed E-state index contributed by atoms with van der Waals surface area (Å²) in [4.78, 5) is 11.0. The van der Waals surface area contributed by atoms with Crippen molar-refractivity contribution in [3.63, 3.8) is 0 Å². The first-order chi connectivity index (χ1) is 5.37. The van der Waals surface area contributed by atoms with Crippen molar-refractivity contribution in [3.8, 4) is 0 Å². The highest BCUT2D eigenvalue weighted by Crippen LogP contribution is 1.96. The highest BCUT2D eigenvalue weighted by Gasteiger charge is 2.18. The zero-order valence-corrected chi connectivity index (χ0v) is 7.64. The van der Waals surface area contributed by atoms with E-state index in [0.29, 0.717) is 0 Å². The third-order valence-corrected chi connectivity index (χ3v) is 1.13. The SMILES string of the molecule is C=C[C@](C)(O)NC(=O)N[NH+](C)C. The van der Waals surface area contributed by atoms with E-state index in [9.17, 15) is 9.90 Å². The minimum absolute atomic E-state index is 0.445. The molecule has 0 bridgehead atoms. The van der Waals surface area contributed by atoms with Gasteiger partial charge < -0.3 is 10.4 Å². The van der Waals surface area contributed by atoms with E-state index in [2.05, 4.69) is 17.3 Å². The van der Waals surface area contributed by atoms with Crippen molar-refractivity contribution in [1.82, 2.24) is 10.7 Å². The Morgan fingerprint density at radius 2 is 2.17 bits per heavy atom. The summed E-state index contributed by atoms with van der Waals surface area (Å²) < 4.78 is 0. The Kier molecular flexibility index (Phi) is 3.72. The number of nitrogens with one attached hydrogen (secondary N) is 3. The fourth-order valence-corrected chi connectivity index (χ4v) is 0.539. The van der Waals surface area contributed by atoms with Gasteiger partial charge in [0.25, 0.3) is 0 Å². The largest absolute Gasteiger partial charge is 0.368 e. The third-order valence-electron chi connectivity index (χ3n) is 1.13. The van der Waals surface area contributed by atoms with Gasteiger partial charge in [0.2, 0.25) is 0 Å². The molecule has 0 aromatic heterocycles. The molecule has 0 fully saturated rings. The Balaban J connectivity index is 3.92. The lowest BCUT2D eigenvalue weighted by molar-refractivity contribution is -0.896. The normalized spacial score (nSPS) is 15.1. The number of amides is 2. The predicted molar refractivity (Wildman–Crippen MR) is 45.3 cm³/mol. The van der Waals surface area contributed by atoms with Crippen LogP contribution in [-0.2, 0) is 0 Å². The fourth-order valence-electron chi connectivity index (χ4n) is 0.539. The molecule has 0 saturated heterocycles. The van der Waals surface area contributed by atoms with Crippen molar-refractivity contribution in [1.29, 1.82) is 0 Å². The van der Waals surface area contributed by atoms with Crippen LogP contribution in [0.4, 0.5) is 4.79 Å². The quantitative estimate of drug-likeness (QED) is 0.233. The molecular formula is C7H16N3O2+. The molecule has 0 aromatic rings. The molecule has 0 aliphatic carbocycles. The fraction of sp³-hybridized carbons (Fsp3) is 0.571. The van der Waals surface area contributed by atoms with E-state index in [4.69, 9.17) is 0 Å². The first kappa shape index (κ1) is 10.9. The number of hydrogen-bond donors (Lipinski definition) is 4. The summed E-state index contributed by atoms with van der Waals surface area (Å²) in [6.45, 7) is 4.80. The lowest BCUT2D eigenvalue weighted by Gasteiger charge is -2.20. The molecule has 0 aliphatic heterocycles. The van der Waals surface area contributed by atoms with Crippen LogP contribution < -0.4 is 15.8 Å². The van der Waals surface area contributed by atoms with E-state index in [0.717, 1.165) is 5.01 Å². The minimum Gasteiger partial charge on any atom is -0.368 e. The number of hydrogen-bond acceptors (Lipinski definition) is 2. The topological polar surface area (TPSA) is 65.8 Å². The second kappa shape index (κ2) is 4.08. The molecule has 5 heteroatoms. The van der Waals surface area contributed by atoms with Crippen LogP contribution in [0.3, 0.4) is 0 Å². The lowest BCUT2D eigenvalue weighted by Crippen LogP contribution is -3.14. The van der Waals surface area contributed by atoms with Crippen LogP contribution in [0.25, 0.3) is 0 Å². The van der Waals surface area contributed by atoms with Crippen LogP contribution in [-0.4, -0.2) is 31.0 Å². The van der Waals surface area contributed by atoms with E-state index in [1.807, 2.05) is 0 Å². The number of aliphatic hydroxyl groups is 1. The van der Waals surface area contributed by atoms with Gasteiger partial charge in [-0.2, -0.15) is 5.43 Å². The van der Waals surface area contributed by atoms with E-state index in [1.54, 1.807) is 14.1 Å². The first-order valence-electron chi connectivity index (χ1n) is 3.62. The number of urea groups is 1. The molecule has 1 atom stereocenters. The van der Waals surface area contributed by atoms with Crippen molar-refractivity contribution in [2.24, 2.45) is 0 Å². The summed E-state index contributed by atoms with van der Waals surface area (Å²) >= 11 is 0. The van der Waals surface area contributed by atoms with Crippen LogP contribution in [0, 0.1) is 0 Å². The van der Waals surface area contributed by atoms with Crippen molar-refractivity contribution in [2.75, 3.05) is 14.1 Å². The first-order valence-corrected chi connectivity index (χ1v) is 3.62. The molecule has 12 heavy (non-hydrogen) atoms. The number of carbonyl (C=O) groups is 1. The highest BCUT2D eigenvalue weighted by molar-refractivity contribution is 5.73. The van der Waals surface area contributed by atoms with Gasteiger partial charge in [0.1, 0.15) is 0 Å². The maximum atomic E-state index is 11.0. The van der Waals surface area contributed by atoms with Gasteiger partial charge in [-0.15, -0.1) is 0 Å².